The van der Waals surface area contributed by atoms with Gasteiger partial charge < -0.3 is 0 Å². The van der Waals surface area contributed by atoms with E-state index in [4.69, 9.17) is 0 Å². The summed E-state index contributed by atoms with van der Waals surface area (Å²) in [6, 6.07) is 13.4. The van der Waals surface area contributed by atoms with Crippen molar-refractivity contribution in [2.24, 2.45) is 4.99 Å². The van der Waals surface area contributed by atoms with Gasteiger partial charge in [0.1, 0.15) is 0 Å². The highest BCUT2D eigenvalue weighted by Crippen LogP contribution is 2.49. The number of hydrogen-bond acceptors (Lipinski definition) is 1. The first kappa shape index (κ1) is 10.1. The van der Waals surface area contributed by atoms with Crippen molar-refractivity contribution in [2.75, 3.05) is 0 Å². The Morgan fingerprint density at radius 3 is 2.72 bits per heavy atom. The average molecular weight is 233 g/mol. The van der Waals surface area contributed by atoms with E-state index in [0.29, 0.717) is 0 Å². The van der Waals surface area contributed by atoms with Crippen LogP contribution in [0.4, 0.5) is 0 Å². The SMILES string of the molecule is CC1(C)c2ccccc2-c2cc3c(cc21)C=NC3. The van der Waals surface area contributed by atoms with E-state index in [1.165, 1.54) is 33.4 Å². The van der Waals surface area contributed by atoms with E-state index >= 15 is 0 Å². The maximum absolute atomic E-state index is 4.37. The Labute approximate surface area is 107 Å². The van der Waals surface area contributed by atoms with Crippen LogP contribution in [-0.2, 0) is 12.0 Å². The number of rotatable bonds is 0. The molecule has 0 N–H and O–H groups in total. The van der Waals surface area contributed by atoms with Crippen molar-refractivity contribution >= 4 is 6.21 Å². The highest BCUT2D eigenvalue weighted by molar-refractivity contribution is 5.90. The summed E-state index contributed by atoms with van der Waals surface area (Å²) in [4.78, 5) is 4.37. The van der Waals surface area contributed by atoms with Gasteiger partial charge in [-0.25, -0.2) is 0 Å². The molecule has 1 aliphatic heterocycles. The number of benzene rings is 2. The molecule has 1 nitrogen and oxygen atoms in total. The van der Waals surface area contributed by atoms with Gasteiger partial charge in [0.2, 0.25) is 0 Å². The second kappa shape index (κ2) is 3.11. The van der Waals surface area contributed by atoms with Crippen LogP contribution in [0, 0.1) is 0 Å². The molecular formula is C17H15N. The minimum absolute atomic E-state index is 0.109. The molecule has 0 unspecified atom stereocenters. The van der Waals surface area contributed by atoms with Crippen molar-refractivity contribution < 1.29 is 0 Å². The molecule has 0 bridgehead atoms. The first-order chi connectivity index (χ1) is 8.68. The second-order valence-electron chi connectivity index (χ2n) is 5.74. The third-order valence-electron chi connectivity index (χ3n) is 4.34. The fraction of sp³-hybridized carbons (Fsp3) is 0.235. The zero-order valence-corrected chi connectivity index (χ0v) is 10.7. The molecule has 18 heavy (non-hydrogen) atoms. The Kier molecular flexibility index (Phi) is 1.74. The van der Waals surface area contributed by atoms with Crippen molar-refractivity contribution in [3.8, 4) is 11.1 Å². The van der Waals surface area contributed by atoms with E-state index in [-0.39, 0.29) is 5.41 Å². The number of fused-ring (bicyclic) bond motifs is 4. The normalized spacial score (nSPS) is 17.4. The molecule has 0 amide bonds. The van der Waals surface area contributed by atoms with Gasteiger partial charge in [0.25, 0.3) is 0 Å². The minimum Gasteiger partial charge on any atom is -0.288 e. The van der Waals surface area contributed by atoms with Gasteiger partial charge in [0, 0.05) is 11.6 Å². The van der Waals surface area contributed by atoms with Gasteiger partial charge in [0.15, 0.2) is 0 Å². The molecular weight excluding hydrogens is 218 g/mol. The Balaban J connectivity index is 2.09. The zero-order chi connectivity index (χ0) is 12.3. The maximum atomic E-state index is 4.37. The maximum Gasteiger partial charge on any atom is 0.0646 e. The molecule has 0 aromatic heterocycles. The van der Waals surface area contributed by atoms with Crippen molar-refractivity contribution in [2.45, 2.75) is 25.8 Å². The van der Waals surface area contributed by atoms with Crippen LogP contribution >= 0.6 is 0 Å². The average Bonchev–Trinajstić information content (AvgIpc) is 2.91. The van der Waals surface area contributed by atoms with E-state index in [0.717, 1.165) is 6.54 Å². The molecule has 0 atom stereocenters. The third-order valence-corrected chi connectivity index (χ3v) is 4.34. The van der Waals surface area contributed by atoms with Crippen LogP contribution in [0.25, 0.3) is 11.1 Å². The van der Waals surface area contributed by atoms with Crippen LogP contribution in [0.2, 0.25) is 0 Å². The summed E-state index contributed by atoms with van der Waals surface area (Å²) >= 11 is 0. The summed E-state index contributed by atoms with van der Waals surface area (Å²) in [5, 5.41) is 0. The quantitative estimate of drug-likeness (QED) is 0.654. The predicted molar refractivity (Wildman–Crippen MR) is 75.3 cm³/mol. The van der Waals surface area contributed by atoms with Gasteiger partial charge in [-0.05, 0) is 45.5 Å². The van der Waals surface area contributed by atoms with Crippen molar-refractivity contribution in [3.05, 3.63) is 58.7 Å². The van der Waals surface area contributed by atoms with Crippen molar-refractivity contribution in [3.63, 3.8) is 0 Å². The van der Waals surface area contributed by atoms with Gasteiger partial charge in [-0.3, -0.25) is 4.99 Å². The largest absolute Gasteiger partial charge is 0.288 e. The molecule has 2 aromatic rings. The number of aliphatic imine (C=N–C) groups is 1. The summed E-state index contributed by atoms with van der Waals surface area (Å²) in [6.45, 7) is 5.47. The van der Waals surface area contributed by atoms with Crippen molar-refractivity contribution in [1.82, 2.24) is 0 Å². The van der Waals surface area contributed by atoms with Gasteiger partial charge >= 0.3 is 0 Å². The molecule has 0 radical (unpaired) electrons. The summed E-state index contributed by atoms with van der Waals surface area (Å²) in [6.07, 6.45) is 2.01. The fourth-order valence-corrected chi connectivity index (χ4v) is 3.31. The third kappa shape index (κ3) is 1.09. The number of nitrogens with zero attached hydrogens (tertiary/aromatic N) is 1. The molecule has 0 fully saturated rings. The molecule has 0 spiro atoms. The lowest BCUT2D eigenvalue weighted by molar-refractivity contribution is 0.660. The topological polar surface area (TPSA) is 12.4 Å². The van der Waals surface area contributed by atoms with Gasteiger partial charge in [0.05, 0.1) is 6.54 Å². The van der Waals surface area contributed by atoms with E-state index in [9.17, 15) is 0 Å². The van der Waals surface area contributed by atoms with Crippen molar-refractivity contribution in [1.29, 1.82) is 0 Å². The Hall–Kier alpha value is -1.89. The van der Waals surface area contributed by atoms with E-state index in [1.807, 2.05) is 6.21 Å². The lowest BCUT2D eigenvalue weighted by Gasteiger charge is -2.21. The van der Waals surface area contributed by atoms with E-state index in [2.05, 4.69) is 55.2 Å². The zero-order valence-electron chi connectivity index (χ0n) is 10.7. The molecule has 2 aliphatic rings. The fourth-order valence-electron chi connectivity index (χ4n) is 3.31. The monoisotopic (exact) mass is 233 g/mol. The molecule has 0 saturated heterocycles. The summed E-state index contributed by atoms with van der Waals surface area (Å²) < 4.78 is 0. The smallest absolute Gasteiger partial charge is 0.0646 e. The van der Waals surface area contributed by atoms with E-state index in [1.54, 1.807) is 0 Å². The molecule has 1 heterocycles. The van der Waals surface area contributed by atoms with Gasteiger partial charge in [-0.2, -0.15) is 0 Å². The first-order valence-corrected chi connectivity index (χ1v) is 6.45. The van der Waals surface area contributed by atoms with Crippen LogP contribution in [0.15, 0.2) is 41.4 Å². The summed E-state index contributed by atoms with van der Waals surface area (Å²) in [5.41, 5.74) is 8.46. The summed E-state index contributed by atoms with van der Waals surface area (Å²) in [7, 11) is 0. The highest BCUT2D eigenvalue weighted by Gasteiger charge is 2.35. The minimum atomic E-state index is 0.109. The Morgan fingerprint density at radius 1 is 1.00 bits per heavy atom. The van der Waals surface area contributed by atoms with E-state index < -0.39 is 0 Å². The molecule has 2 aromatic carbocycles. The predicted octanol–water partition coefficient (Wildman–Crippen LogP) is 3.93. The van der Waals surface area contributed by atoms with Crippen LogP contribution in [-0.4, -0.2) is 6.21 Å². The standard InChI is InChI=1S/C17H15N/c1-17(2)15-6-4-3-5-13(15)14-7-11-9-18-10-12(11)8-16(14)17/h3-8,10H,9H2,1-2H3. The van der Waals surface area contributed by atoms with Crippen LogP contribution in [0.1, 0.15) is 36.1 Å². The van der Waals surface area contributed by atoms with Crippen LogP contribution in [0.3, 0.4) is 0 Å². The second-order valence-corrected chi connectivity index (χ2v) is 5.74. The Morgan fingerprint density at radius 2 is 1.83 bits per heavy atom. The highest BCUT2D eigenvalue weighted by atomic mass is 14.7. The molecule has 4 rings (SSSR count). The first-order valence-electron chi connectivity index (χ1n) is 6.45. The lowest BCUT2D eigenvalue weighted by atomic mass is 9.82. The molecule has 0 saturated carbocycles. The number of hydrogen-bond donors (Lipinski definition) is 0. The lowest BCUT2D eigenvalue weighted by Crippen LogP contribution is -2.15. The van der Waals surface area contributed by atoms with Crippen LogP contribution in [0.5, 0.6) is 0 Å². The van der Waals surface area contributed by atoms with Gasteiger partial charge in [-0.1, -0.05) is 38.1 Å². The molecule has 1 aliphatic carbocycles. The molecule has 88 valence electrons. The van der Waals surface area contributed by atoms with Gasteiger partial charge in [-0.15, -0.1) is 0 Å². The molecule has 1 heteroatoms. The summed E-state index contributed by atoms with van der Waals surface area (Å²) in [5.74, 6) is 0. The Bertz CT molecular complexity index is 693. The van der Waals surface area contributed by atoms with Crippen LogP contribution < -0.4 is 0 Å².